The number of thiophene rings is 1. The summed E-state index contributed by atoms with van der Waals surface area (Å²) in [6.07, 6.45) is -8.72. The quantitative estimate of drug-likeness (QED) is 0.108. The molecular formula is C27H16F6N4O4S3. The van der Waals surface area contributed by atoms with Crippen LogP contribution in [0.15, 0.2) is 52.7 Å². The molecule has 17 heteroatoms. The summed E-state index contributed by atoms with van der Waals surface area (Å²) >= 11 is 7.22. The monoisotopic (exact) mass is 670 g/mol. The first-order valence-corrected chi connectivity index (χ1v) is 14.4. The first-order chi connectivity index (χ1) is 20.6. The Morgan fingerprint density at radius 1 is 1.02 bits per heavy atom. The van der Waals surface area contributed by atoms with Gasteiger partial charge in [0.15, 0.2) is 0 Å². The fourth-order valence-electron chi connectivity index (χ4n) is 4.13. The second-order valence-corrected chi connectivity index (χ2v) is 11.9. The van der Waals surface area contributed by atoms with Gasteiger partial charge >= 0.3 is 18.3 Å². The number of carbonyl (C=O) groups is 3. The Labute approximate surface area is 256 Å². The summed E-state index contributed by atoms with van der Waals surface area (Å²) in [5.74, 6) is -2.08. The van der Waals surface area contributed by atoms with Crippen molar-refractivity contribution in [2.45, 2.75) is 18.8 Å². The van der Waals surface area contributed by atoms with Crippen LogP contribution in [0.25, 0.3) is 28.2 Å². The third kappa shape index (κ3) is 6.79. The van der Waals surface area contributed by atoms with Gasteiger partial charge in [-0.15, -0.1) is 11.3 Å². The van der Waals surface area contributed by atoms with Crippen molar-refractivity contribution in [3.63, 3.8) is 0 Å². The van der Waals surface area contributed by atoms with E-state index in [2.05, 4.69) is 15.3 Å². The van der Waals surface area contributed by atoms with Crippen molar-refractivity contribution in [3.05, 3.63) is 74.3 Å². The maximum absolute atomic E-state index is 13.3. The number of alkyl halides is 6. The zero-order valence-corrected chi connectivity index (χ0v) is 24.1. The zero-order valence-electron chi connectivity index (χ0n) is 21.7. The number of anilines is 1. The van der Waals surface area contributed by atoms with Gasteiger partial charge in [-0.3, -0.25) is 19.8 Å². The lowest BCUT2D eigenvalue weighted by Crippen LogP contribution is -2.31. The minimum atomic E-state index is -4.99. The van der Waals surface area contributed by atoms with Crippen LogP contribution in [0, 0.1) is 0 Å². The summed E-state index contributed by atoms with van der Waals surface area (Å²) in [6.45, 7) is -0.0859. The first kappa shape index (κ1) is 31.2. The Morgan fingerprint density at radius 3 is 2.34 bits per heavy atom. The van der Waals surface area contributed by atoms with Crippen LogP contribution in [0.2, 0.25) is 0 Å². The van der Waals surface area contributed by atoms with Gasteiger partial charge in [0.25, 0.3) is 5.91 Å². The standard InChI is InChI=1S/C27H16F6N4O4S3/c28-26(29,30)15-5-13(6-16(9-15)27(31,32)33)14-7-17(43-11-14)10-20-22(39)37(25(42)44-20)4-3-21(38)36-24-34-18-2-1-12(23(40)41)8-19(18)35-24/h1-2,5-11H,3-4H2,(H,40,41)(H2,34,35,36,38). The average Bonchev–Trinajstić information content (AvgIpc) is 3.63. The first-order valence-electron chi connectivity index (χ1n) is 12.2. The van der Waals surface area contributed by atoms with Gasteiger partial charge in [0.2, 0.25) is 11.9 Å². The Bertz CT molecular complexity index is 1830. The van der Waals surface area contributed by atoms with E-state index in [-0.39, 0.29) is 50.9 Å². The van der Waals surface area contributed by atoms with Crippen LogP contribution >= 0.6 is 35.3 Å². The number of benzene rings is 2. The number of aromatic carboxylic acids is 1. The smallest absolute Gasteiger partial charge is 0.416 e. The minimum absolute atomic E-state index is 0.0338. The number of carboxylic acids is 1. The molecule has 1 aliphatic heterocycles. The molecule has 3 N–H and O–H groups in total. The van der Waals surface area contributed by atoms with Gasteiger partial charge in [0, 0.05) is 17.8 Å². The zero-order chi connectivity index (χ0) is 32.0. The summed E-state index contributed by atoms with van der Waals surface area (Å²) in [5, 5.41) is 13.0. The van der Waals surface area contributed by atoms with Crippen LogP contribution in [0.1, 0.15) is 32.8 Å². The van der Waals surface area contributed by atoms with E-state index in [4.69, 9.17) is 17.3 Å². The third-order valence-electron chi connectivity index (χ3n) is 6.24. The number of imidazole rings is 1. The molecule has 2 amide bonds. The molecule has 44 heavy (non-hydrogen) atoms. The molecule has 0 saturated carbocycles. The molecule has 0 spiro atoms. The van der Waals surface area contributed by atoms with Crippen molar-refractivity contribution in [1.29, 1.82) is 0 Å². The molecule has 228 valence electrons. The Hall–Kier alpha value is -4.22. The SMILES string of the molecule is O=C(CCN1C(=O)C(=Cc2cc(-c3cc(C(F)(F)F)cc(C(F)(F)F)c3)cs2)SC1=S)Nc1nc2ccc(C(=O)O)cc2[nH]1. The van der Waals surface area contributed by atoms with Crippen LogP contribution in [-0.2, 0) is 21.9 Å². The number of hydrogen-bond acceptors (Lipinski definition) is 7. The van der Waals surface area contributed by atoms with E-state index < -0.39 is 41.3 Å². The van der Waals surface area contributed by atoms with E-state index in [0.717, 1.165) is 23.1 Å². The molecule has 0 bridgehead atoms. The molecule has 1 saturated heterocycles. The predicted octanol–water partition coefficient (Wildman–Crippen LogP) is 7.26. The van der Waals surface area contributed by atoms with Crippen LogP contribution in [0.4, 0.5) is 32.3 Å². The van der Waals surface area contributed by atoms with E-state index in [1.54, 1.807) is 0 Å². The van der Waals surface area contributed by atoms with Gasteiger partial charge in [-0.2, -0.15) is 26.3 Å². The number of aromatic amines is 1. The van der Waals surface area contributed by atoms with E-state index in [1.807, 2.05) is 0 Å². The molecule has 0 aliphatic carbocycles. The number of H-pyrrole nitrogens is 1. The lowest BCUT2D eigenvalue weighted by Gasteiger charge is -2.13. The highest BCUT2D eigenvalue weighted by atomic mass is 32.2. The minimum Gasteiger partial charge on any atom is -0.478 e. The lowest BCUT2D eigenvalue weighted by atomic mass is 10.0. The molecule has 2 aromatic carbocycles. The normalized spacial score (nSPS) is 15.0. The topological polar surface area (TPSA) is 115 Å². The number of carbonyl (C=O) groups excluding carboxylic acids is 2. The maximum Gasteiger partial charge on any atom is 0.416 e. The summed E-state index contributed by atoms with van der Waals surface area (Å²) < 4.78 is 79.8. The number of nitrogens with zero attached hydrogens (tertiary/aromatic N) is 2. The number of amides is 2. The molecule has 8 nitrogen and oxygen atoms in total. The second kappa shape index (κ2) is 11.7. The maximum atomic E-state index is 13.3. The average molecular weight is 671 g/mol. The van der Waals surface area contributed by atoms with Crippen LogP contribution in [-0.4, -0.2) is 48.6 Å². The molecule has 1 fully saturated rings. The van der Waals surface area contributed by atoms with Crippen molar-refractivity contribution < 1.29 is 45.8 Å². The number of fused-ring (bicyclic) bond motifs is 1. The van der Waals surface area contributed by atoms with E-state index in [9.17, 15) is 40.7 Å². The van der Waals surface area contributed by atoms with Gasteiger partial charge in [-0.25, -0.2) is 9.78 Å². The van der Waals surface area contributed by atoms with Crippen molar-refractivity contribution in [1.82, 2.24) is 14.9 Å². The number of nitrogens with one attached hydrogen (secondary N) is 2. The van der Waals surface area contributed by atoms with Gasteiger partial charge in [0.1, 0.15) is 4.32 Å². The van der Waals surface area contributed by atoms with Crippen molar-refractivity contribution in [2.75, 3.05) is 11.9 Å². The number of thiocarbonyl (C=S) groups is 1. The molecular weight excluding hydrogens is 655 g/mol. The summed E-state index contributed by atoms with van der Waals surface area (Å²) in [7, 11) is 0. The summed E-state index contributed by atoms with van der Waals surface area (Å²) in [4.78, 5) is 45.4. The van der Waals surface area contributed by atoms with Gasteiger partial charge in [-0.05, 0) is 65.0 Å². The second-order valence-electron chi connectivity index (χ2n) is 9.29. The number of rotatable bonds is 7. The van der Waals surface area contributed by atoms with Crippen molar-refractivity contribution in [3.8, 4) is 11.1 Å². The highest BCUT2D eigenvalue weighted by Crippen LogP contribution is 2.40. The molecule has 0 radical (unpaired) electrons. The largest absolute Gasteiger partial charge is 0.478 e. The summed E-state index contributed by atoms with van der Waals surface area (Å²) in [6, 6.07) is 6.89. The van der Waals surface area contributed by atoms with Gasteiger partial charge in [0.05, 0.1) is 32.6 Å². The Balaban J connectivity index is 1.26. The van der Waals surface area contributed by atoms with Crippen molar-refractivity contribution >= 4 is 80.5 Å². The number of thioether (sulfide) groups is 1. The Kier molecular flexibility index (Phi) is 8.30. The molecule has 0 atom stereocenters. The molecule has 2 aromatic heterocycles. The van der Waals surface area contributed by atoms with Crippen molar-refractivity contribution in [2.24, 2.45) is 0 Å². The summed E-state index contributed by atoms with van der Waals surface area (Å²) in [5.41, 5.74) is -2.19. The van der Waals surface area contributed by atoms with Gasteiger partial charge in [-0.1, -0.05) is 24.0 Å². The van der Waals surface area contributed by atoms with E-state index in [0.29, 0.717) is 28.0 Å². The molecule has 0 unspecified atom stereocenters. The molecule has 1 aliphatic rings. The number of hydrogen-bond donors (Lipinski definition) is 3. The third-order valence-corrected chi connectivity index (χ3v) is 8.49. The fourth-order valence-corrected chi connectivity index (χ4v) is 6.36. The lowest BCUT2D eigenvalue weighted by molar-refractivity contribution is -0.143. The van der Waals surface area contributed by atoms with Gasteiger partial charge < -0.3 is 10.1 Å². The highest BCUT2D eigenvalue weighted by molar-refractivity contribution is 8.26. The molecule has 4 aromatic rings. The number of aromatic nitrogens is 2. The van der Waals surface area contributed by atoms with Crippen LogP contribution in [0.5, 0.6) is 0 Å². The number of halogens is 6. The van der Waals surface area contributed by atoms with Crippen LogP contribution in [0.3, 0.4) is 0 Å². The van der Waals surface area contributed by atoms with E-state index in [1.165, 1.54) is 40.6 Å². The Morgan fingerprint density at radius 2 is 1.70 bits per heavy atom. The van der Waals surface area contributed by atoms with E-state index >= 15 is 0 Å². The predicted molar refractivity (Wildman–Crippen MR) is 156 cm³/mol. The van der Waals surface area contributed by atoms with Crippen LogP contribution < -0.4 is 5.32 Å². The number of carboxylic acid groups (broad SMARTS) is 1. The highest BCUT2D eigenvalue weighted by Gasteiger charge is 2.37. The molecule has 3 heterocycles. The molecule has 5 rings (SSSR count). The fraction of sp³-hybridized carbons (Fsp3) is 0.148.